The fourth-order valence-corrected chi connectivity index (χ4v) is 4.51. The van der Waals surface area contributed by atoms with Gasteiger partial charge in [0, 0.05) is 5.56 Å². The minimum absolute atomic E-state index is 0.163. The molecule has 0 aliphatic carbocycles. The van der Waals surface area contributed by atoms with Gasteiger partial charge in [-0.1, -0.05) is 54.6 Å². The lowest BCUT2D eigenvalue weighted by atomic mass is 9.91. The van der Waals surface area contributed by atoms with Crippen LogP contribution in [0.25, 0.3) is 6.08 Å². The van der Waals surface area contributed by atoms with Gasteiger partial charge in [0.1, 0.15) is 19.0 Å². The van der Waals surface area contributed by atoms with Gasteiger partial charge < -0.3 is 24.2 Å². The lowest BCUT2D eigenvalue weighted by molar-refractivity contribution is 0.0599. The lowest BCUT2D eigenvalue weighted by Crippen LogP contribution is -2.29. The van der Waals surface area contributed by atoms with Gasteiger partial charge in [0.25, 0.3) is 0 Å². The van der Waals surface area contributed by atoms with Gasteiger partial charge in [-0.25, -0.2) is 14.4 Å². The van der Waals surface area contributed by atoms with E-state index in [1.165, 1.54) is 7.11 Å². The number of carbonyl (C=O) groups is 3. The Kier molecular flexibility index (Phi) is 9.93. The maximum absolute atomic E-state index is 11.8. The number of hydrogen-bond donors (Lipinski definition) is 1. The number of carbonyl (C=O) groups excluding carboxylic acids is 2. The van der Waals surface area contributed by atoms with Gasteiger partial charge in [-0.15, -0.1) is 0 Å². The van der Waals surface area contributed by atoms with Crippen LogP contribution in [0.3, 0.4) is 0 Å². The number of aromatic carboxylic acids is 1. The van der Waals surface area contributed by atoms with Crippen LogP contribution in [-0.2, 0) is 22.3 Å². The molecule has 0 aromatic heterocycles. The van der Waals surface area contributed by atoms with Crippen LogP contribution >= 0.6 is 0 Å². The van der Waals surface area contributed by atoms with Gasteiger partial charge in [0.05, 0.1) is 31.3 Å². The zero-order chi connectivity index (χ0) is 28.3. The number of hydrogen-bond acceptors (Lipinski definition) is 6. The number of allylic oxidation sites excluding steroid dienone is 1. The summed E-state index contributed by atoms with van der Waals surface area (Å²) in [4.78, 5) is 36.3. The van der Waals surface area contributed by atoms with E-state index in [1.807, 2.05) is 48.5 Å². The van der Waals surface area contributed by atoms with E-state index < -0.39 is 5.97 Å². The van der Waals surface area contributed by atoms with Crippen molar-refractivity contribution in [1.29, 1.82) is 0 Å². The van der Waals surface area contributed by atoms with Crippen LogP contribution in [0.15, 0.2) is 78.9 Å². The van der Waals surface area contributed by atoms with Gasteiger partial charge in [0.15, 0.2) is 0 Å². The number of aryl methyl sites for hydroxylation is 1. The van der Waals surface area contributed by atoms with Crippen LogP contribution in [0, 0.1) is 5.92 Å². The number of ether oxygens (including phenoxy) is 3. The van der Waals surface area contributed by atoms with Crippen LogP contribution in [-0.4, -0.2) is 61.5 Å². The number of carboxylic acid groups (broad SMARTS) is 1. The van der Waals surface area contributed by atoms with E-state index in [0.29, 0.717) is 31.9 Å². The van der Waals surface area contributed by atoms with Crippen molar-refractivity contribution < 1.29 is 33.7 Å². The van der Waals surface area contributed by atoms with Crippen molar-refractivity contribution >= 4 is 24.1 Å². The summed E-state index contributed by atoms with van der Waals surface area (Å²) in [6, 6.07) is 22.2. The summed E-state index contributed by atoms with van der Waals surface area (Å²) in [6.45, 7) is 1.81. The Morgan fingerprint density at radius 2 is 1.70 bits per heavy atom. The molecule has 0 saturated carbocycles. The first-order valence-electron chi connectivity index (χ1n) is 13.2. The van der Waals surface area contributed by atoms with Crippen molar-refractivity contribution in [2.75, 3.05) is 33.4 Å². The van der Waals surface area contributed by atoms with Crippen molar-refractivity contribution in [1.82, 2.24) is 4.90 Å². The van der Waals surface area contributed by atoms with Crippen molar-refractivity contribution in [3.8, 4) is 5.75 Å². The molecule has 1 saturated heterocycles. The van der Waals surface area contributed by atoms with Crippen LogP contribution in [0.4, 0.5) is 4.79 Å². The van der Waals surface area contributed by atoms with Crippen molar-refractivity contribution in [2.24, 2.45) is 5.92 Å². The third-order valence-electron chi connectivity index (χ3n) is 6.81. The van der Waals surface area contributed by atoms with Gasteiger partial charge in [-0.05, 0) is 66.6 Å². The zero-order valence-corrected chi connectivity index (χ0v) is 22.5. The molecular formula is C32H33NO7. The molecule has 3 aromatic rings. The highest BCUT2D eigenvalue weighted by Crippen LogP contribution is 2.24. The molecule has 1 amide bonds. The SMILES string of the molecule is COC(=O)c1ccc(CC(C=Cc2ccccc2OCCN2CCOC2=O)CCc2ccc(C(=O)O)cc2)cc1. The van der Waals surface area contributed by atoms with Crippen LogP contribution in [0.5, 0.6) is 5.75 Å². The number of esters is 1. The molecule has 0 bridgehead atoms. The minimum atomic E-state index is -0.941. The normalized spacial score (nSPS) is 13.7. The second-order valence-corrected chi connectivity index (χ2v) is 9.54. The smallest absolute Gasteiger partial charge is 0.410 e. The quantitative estimate of drug-likeness (QED) is 0.284. The zero-order valence-electron chi connectivity index (χ0n) is 22.5. The Balaban J connectivity index is 1.46. The fourth-order valence-electron chi connectivity index (χ4n) is 4.51. The summed E-state index contributed by atoms with van der Waals surface area (Å²) < 4.78 is 15.8. The third-order valence-corrected chi connectivity index (χ3v) is 6.81. The molecular weight excluding hydrogens is 510 g/mol. The standard InChI is InChI=1S/C32H33NO7/c1-38-31(36)28-16-11-25(12-17-28)22-24(7-6-23-8-14-27(15-9-23)30(34)35)10-13-26-4-2-3-5-29(26)39-20-18-33-19-21-40-32(33)37/h2-5,8-17,24H,6-7,18-22H2,1H3,(H,34,35). The number of carboxylic acids is 1. The van der Waals surface area contributed by atoms with Crippen LogP contribution < -0.4 is 4.74 Å². The first-order valence-corrected chi connectivity index (χ1v) is 13.2. The molecule has 1 N–H and O–H groups in total. The van der Waals surface area contributed by atoms with Crippen molar-refractivity contribution in [3.05, 3.63) is 107 Å². The summed E-state index contributed by atoms with van der Waals surface area (Å²) in [5.74, 6) is -0.414. The fraction of sp³-hybridized carbons (Fsp3) is 0.281. The summed E-state index contributed by atoms with van der Waals surface area (Å²) >= 11 is 0. The number of benzene rings is 3. The molecule has 1 fully saturated rings. The third kappa shape index (κ3) is 7.96. The van der Waals surface area contributed by atoms with E-state index in [0.717, 1.165) is 41.7 Å². The second-order valence-electron chi connectivity index (χ2n) is 9.54. The van der Waals surface area contributed by atoms with Gasteiger partial charge >= 0.3 is 18.0 Å². The highest BCUT2D eigenvalue weighted by Gasteiger charge is 2.21. The Morgan fingerprint density at radius 1 is 1.00 bits per heavy atom. The molecule has 208 valence electrons. The summed E-state index contributed by atoms with van der Waals surface area (Å²) in [6.07, 6.45) is 6.28. The number of methoxy groups -OCH3 is 1. The Bertz CT molecular complexity index is 1330. The van der Waals surface area contributed by atoms with Crippen LogP contribution in [0.1, 0.15) is 43.8 Å². The maximum Gasteiger partial charge on any atom is 0.410 e. The molecule has 1 aliphatic heterocycles. The molecule has 4 rings (SSSR count). The van der Waals surface area contributed by atoms with Crippen molar-refractivity contribution in [2.45, 2.75) is 19.3 Å². The Labute approximate surface area is 233 Å². The van der Waals surface area contributed by atoms with Crippen molar-refractivity contribution in [3.63, 3.8) is 0 Å². The Morgan fingerprint density at radius 3 is 2.38 bits per heavy atom. The number of para-hydroxylation sites is 1. The number of rotatable bonds is 13. The number of nitrogens with zero attached hydrogens (tertiary/aromatic N) is 1. The second kappa shape index (κ2) is 14.0. The Hall–Kier alpha value is -4.59. The molecule has 1 heterocycles. The average molecular weight is 544 g/mol. The summed E-state index contributed by atoms with van der Waals surface area (Å²) in [5.41, 5.74) is 3.86. The first-order chi connectivity index (χ1) is 19.4. The highest BCUT2D eigenvalue weighted by molar-refractivity contribution is 5.89. The topological polar surface area (TPSA) is 102 Å². The summed E-state index contributed by atoms with van der Waals surface area (Å²) in [5, 5.41) is 9.18. The number of cyclic esters (lactones) is 1. The summed E-state index contributed by atoms with van der Waals surface area (Å²) in [7, 11) is 1.36. The average Bonchev–Trinajstić information content (AvgIpc) is 3.39. The predicted molar refractivity (Wildman–Crippen MR) is 151 cm³/mol. The minimum Gasteiger partial charge on any atom is -0.491 e. The molecule has 8 heteroatoms. The predicted octanol–water partition coefficient (Wildman–Crippen LogP) is 5.51. The molecule has 0 radical (unpaired) electrons. The molecule has 40 heavy (non-hydrogen) atoms. The van der Waals surface area contributed by atoms with Gasteiger partial charge in [-0.3, -0.25) is 0 Å². The van der Waals surface area contributed by atoms with E-state index in [4.69, 9.17) is 14.2 Å². The molecule has 0 spiro atoms. The first kappa shape index (κ1) is 28.4. The monoisotopic (exact) mass is 543 g/mol. The molecule has 1 unspecified atom stereocenters. The molecule has 3 aromatic carbocycles. The number of amides is 1. The van der Waals surface area contributed by atoms with E-state index in [-0.39, 0.29) is 23.5 Å². The van der Waals surface area contributed by atoms with E-state index in [2.05, 4.69) is 12.2 Å². The molecule has 1 atom stereocenters. The lowest BCUT2D eigenvalue weighted by Gasteiger charge is -2.16. The largest absolute Gasteiger partial charge is 0.491 e. The highest BCUT2D eigenvalue weighted by atomic mass is 16.6. The maximum atomic E-state index is 11.8. The molecule has 8 nitrogen and oxygen atoms in total. The van der Waals surface area contributed by atoms with Gasteiger partial charge in [-0.2, -0.15) is 0 Å². The van der Waals surface area contributed by atoms with E-state index >= 15 is 0 Å². The van der Waals surface area contributed by atoms with Crippen LogP contribution in [0.2, 0.25) is 0 Å². The van der Waals surface area contributed by atoms with E-state index in [1.54, 1.807) is 29.2 Å². The molecule has 1 aliphatic rings. The van der Waals surface area contributed by atoms with Gasteiger partial charge in [0.2, 0.25) is 0 Å². The van der Waals surface area contributed by atoms with E-state index in [9.17, 15) is 19.5 Å².